The minimum absolute atomic E-state index is 0.00145. The van der Waals surface area contributed by atoms with Gasteiger partial charge >= 0.3 is 20.8 Å². The molecule has 0 aromatic carbocycles. The zero-order chi connectivity index (χ0) is 26.3. The average molecular weight is 531 g/mol. The lowest BCUT2D eigenvalue weighted by atomic mass is 9.69. The van der Waals surface area contributed by atoms with Crippen LogP contribution < -0.4 is 0 Å². The Morgan fingerprint density at radius 2 is 0.824 bits per heavy atom. The van der Waals surface area contributed by atoms with Crippen molar-refractivity contribution >= 4 is 26.6 Å². The van der Waals surface area contributed by atoms with E-state index < -0.39 is 20.8 Å². The molecule has 0 amide bonds. The maximum atomic E-state index is 13.2. The van der Waals surface area contributed by atoms with Crippen LogP contribution in [0.15, 0.2) is 0 Å². The fourth-order valence-electron chi connectivity index (χ4n) is 4.22. The van der Waals surface area contributed by atoms with Gasteiger partial charge in [-0.2, -0.15) is 16.8 Å². The van der Waals surface area contributed by atoms with Crippen molar-refractivity contribution in [3.8, 4) is 0 Å². The van der Waals surface area contributed by atoms with Crippen LogP contribution in [0.2, 0.25) is 0 Å². The summed E-state index contributed by atoms with van der Waals surface area (Å²) in [6.07, 6.45) is 12.5. The van der Waals surface area contributed by atoms with Crippen LogP contribution >= 0.6 is 0 Å². The molecule has 0 saturated heterocycles. The summed E-state index contributed by atoms with van der Waals surface area (Å²) in [7, 11) is -8.68. The molecule has 0 atom stereocenters. The smallest absolute Gasteiger partial charge is 0.299 e. The van der Waals surface area contributed by atoms with Crippen molar-refractivity contribution in [3.05, 3.63) is 0 Å². The fraction of sp³-hybridized carbons (Fsp3) is 0.957. The highest BCUT2D eigenvalue weighted by Gasteiger charge is 2.37. The maximum absolute atomic E-state index is 13.2. The van der Waals surface area contributed by atoms with Crippen LogP contribution in [-0.4, -0.2) is 44.9 Å². The van der Waals surface area contributed by atoms with Crippen LogP contribution in [0.25, 0.3) is 0 Å². The van der Waals surface area contributed by atoms with E-state index in [9.17, 15) is 21.6 Å². The molecular weight excluding hydrogens is 484 g/mol. The lowest BCUT2D eigenvalue weighted by molar-refractivity contribution is -0.136. The topological polar surface area (TPSA) is 144 Å². The van der Waals surface area contributed by atoms with Crippen molar-refractivity contribution in [3.63, 3.8) is 0 Å². The monoisotopic (exact) mass is 530 g/mol. The number of hydrogen-bond acceptors (Lipinski definition) is 7. The number of carbonyl (C=O) groups excluding carboxylic acids is 1. The molecule has 34 heavy (non-hydrogen) atoms. The van der Waals surface area contributed by atoms with Gasteiger partial charge in [-0.3, -0.25) is 13.9 Å². The summed E-state index contributed by atoms with van der Waals surface area (Å²) < 4.78 is 67.4. The first kappa shape index (κ1) is 33.4. The second-order valence-corrected chi connectivity index (χ2v) is 12.5. The highest BCUT2D eigenvalue weighted by atomic mass is 32.3. The van der Waals surface area contributed by atoms with Gasteiger partial charge in [0.2, 0.25) is 0 Å². The molecule has 0 aromatic heterocycles. The number of carbonyl (C=O) groups is 1. The van der Waals surface area contributed by atoms with Gasteiger partial charge in [-0.15, -0.1) is 0 Å². The van der Waals surface area contributed by atoms with Crippen LogP contribution in [-0.2, 0) is 34.0 Å². The van der Waals surface area contributed by atoms with E-state index >= 15 is 0 Å². The summed E-state index contributed by atoms with van der Waals surface area (Å²) in [4.78, 5) is 13.2. The first-order valence-corrected chi connectivity index (χ1v) is 15.1. The summed E-state index contributed by atoms with van der Waals surface area (Å²) in [6, 6.07) is 0. The van der Waals surface area contributed by atoms with E-state index in [1.807, 2.05) is 27.7 Å². The van der Waals surface area contributed by atoms with Crippen molar-refractivity contribution < 1.29 is 39.1 Å². The average Bonchev–Trinajstić information content (AvgIpc) is 2.69. The Hall–Kier alpha value is -0.590. The maximum Gasteiger partial charge on any atom is 0.397 e. The molecule has 2 N–H and O–H groups in total. The third-order valence-electron chi connectivity index (χ3n) is 6.09. The molecule has 0 rings (SSSR count). The second kappa shape index (κ2) is 16.2. The minimum atomic E-state index is -4.34. The molecule has 0 aromatic rings. The SMILES string of the molecule is CC(C)(CCCCCCCCOS(=O)(=O)O)C(=O)C(C)(C)CCCCCCCCOS(=O)(=O)O. The Morgan fingerprint density at radius 1 is 0.559 bits per heavy atom. The van der Waals surface area contributed by atoms with Gasteiger partial charge in [0.15, 0.2) is 0 Å². The molecule has 0 fully saturated rings. The van der Waals surface area contributed by atoms with E-state index in [0.717, 1.165) is 77.0 Å². The van der Waals surface area contributed by atoms with Crippen molar-refractivity contribution in [1.29, 1.82) is 0 Å². The molecule has 204 valence electrons. The molecule has 0 heterocycles. The third-order valence-corrected chi connectivity index (χ3v) is 7.02. The van der Waals surface area contributed by atoms with E-state index in [-0.39, 0.29) is 24.0 Å². The summed E-state index contributed by atoms with van der Waals surface area (Å²) >= 11 is 0. The summed E-state index contributed by atoms with van der Waals surface area (Å²) in [5.74, 6) is 0.296. The largest absolute Gasteiger partial charge is 0.397 e. The van der Waals surface area contributed by atoms with Crippen LogP contribution in [0.4, 0.5) is 0 Å². The van der Waals surface area contributed by atoms with Gasteiger partial charge in [0.05, 0.1) is 13.2 Å². The number of hydrogen-bond donors (Lipinski definition) is 2. The highest BCUT2D eigenvalue weighted by Crippen LogP contribution is 2.37. The summed E-state index contributed by atoms with van der Waals surface area (Å²) in [5.41, 5.74) is -0.750. The molecule has 0 bridgehead atoms. The minimum Gasteiger partial charge on any atom is -0.299 e. The number of unbranched alkanes of at least 4 members (excludes halogenated alkanes) is 10. The molecular formula is C23H46O9S2. The van der Waals surface area contributed by atoms with Crippen LogP contribution in [0, 0.1) is 10.8 Å². The quantitative estimate of drug-likeness (QED) is 0.133. The first-order valence-electron chi connectivity index (χ1n) is 12.4. The van der Waals surface area contributed by atoms with Crippen molar-refractivity contribution in [2.75, 3.05) is 13.2 Å². The van der Waals surface area contributed by atoms with Gasteiger partial charge in [0.1, 0.15) is 5.78 Å². The molecule has 0 radical (unpaired) electrons. The predicted octanol–water partition coefficient (Wildman–Crippen LogP) is 5.71. The van der Waals surface area contributed by atoms with E-state index in [1.165, 1.54) is 0 Å². The molecule has 0 aliphatic heterocycles. The van der Waals surface area contributed by atoms with Crippen molar-refractivity contribution in [2.45, 2.75) is 118 Å². The zero-order valence-electron chi connectivity index (χ0n) is 21.4. The first-order chi connectivity index (χ1) is 15.6. The van der Waals surface area contributed by atoms with Gasteiger partial charge in [0.25, 0.3) is 0 Å². The third kappa shape index (κ3) is 18.7. The predicted molar refractivity (Wildman–Crippen MR) is 132 cm³/mol. The molecule has 0 aliphatic rings. The molecule has 11 heteroatoms. The fourth-order valence-corrected chi connectivity index (χ4v) is 4.88. The lowest BCUT2D eigenvalue weighted by Gasteiger charge is -2.33. The Bertz CT molecular complexity index is 708. The molecule has 0 spiro atoms. The van der Waals surface area contributed by atoms with E-state index in [4.69, 9.17) is 9.11 Å². The summed E-state index contributed by atoms with van der Waals surface area (Å²) in [6.45, 7) is 8.11. The number of Topliss-reactive ketones (excluding diaryl/α,β-unsaturated/α-hetero) is 1. The molecule has 0 aliphatic carbocycles. The second-order valence-electron chi connectivity index (χ2n) is 10.3. The summed E-state index contributed by atoms with van der Waals surface area (Å²) in [5, 5.41) is 0. The Morgan fingerprint density at radius 3 is 1.12 bits per heavy atom. The highest BCUT2D eigenvalue weighted by molar-refractivity contribution is 7.81. The van der Waals surface area contributed by atoms with Gasteiger partial charge in [-0.1, -0.05) is 91.9 Å². The van der Waals surface area contributed by atoms with Crippen molar-refractivity contribution in [2.24, 2.45) is 10.8 Å². The molecule has 0 saturated carbocycles. The standard InChI is InChI=1S/C23H46O9S2/c1-22(2,17-13-9-5-7-11-15-19-31-33(25,26)27)21(24)23(3,4)18-14-10-6-8-12-16-20-32-34(28,29)30/h5-20H2,1-4H3,(H,25,26,27)(H,28,29,30). The normalized spacial score (nSPS) is 13.4. The van der Waals surface area contributed by atoms with E-state index in [0.29, 0.717) is 18.6 Å². The van der Waals surface area contributed by atoms with Gasteiger partial charge < -0.3 is 0 Å². The zero-order valence-corrected chi connectivity index (χ0v) is 23.0. The number of rotatable bonds is 22. The Labute approximate surface area is 207 Å². The van der Waals surface area contributed by atoms with Gasteiger partial charge in [-0.05, 0) is 25.7 Å². The van der Waals surface area contributed by atoms with Gasteiger partial charge in [0, 0.05) is 10.8 Å². The Kier molecular flexibility index (Phi) is 15.9. The molecule has 9 nitrogen and oxygen atoms in total. The van der Waals surface area contributed by atoms with Crippen LogP contribution in [0.3, 0.4) is 0 Å². The lowest BCUT2D eigenvalue weighted by Crippen LogP contribution is -2.37. The van der Waals surface area contributed by atoms with E-state index in [1.54, 1.807) is 0 Å². The molecule has 0 unspecified atom stereocenters. The number of ketones is 1. The van der Waals surface area contributed by atoms with E-state index in [2.05, 4.69) is 8.37 Å². The van der Waals surface area contributed by atoms with Crippen LogP contribution in [0.5, 0.6) is 0 Å². The Balaban J connectivity index is 3.97. The van der Waals surface area contributed by atoms with Crippen LogP contribution in [0.1, 0.15) is 118 Å². The van der Waals surface area contributed by atoms with Crippen molar-refractivity contribution in [1.82, 2.24) is 0 Å². The van der Waals surface area contributed by atoms with Gasteiger partial charge in [-0.25, -0.2) is 8.37 Å².